The second-order valence-electron chi connectivity index (χ2n) is 4.10. The number of carbonyl (C=O) groups excluding carboxylic acids is 1. The summed E-state index contributed by atoms with van der Waals surface area (Å²) in [5.41, 5.74) is 0. The zero-order chi connectivity index (χ0) is 12.2. The van der Waals surface area contributed by atoms with Crippen molar-refractivity contribution in [3.05, 3.63) is 0 Å². The van der Waals surface area contributed by atoms with Crippen LogP contribution in [0.1, 0.15) is 13.3 Å². The lowest BCUT2D eigenvalue weighted by molar-refractivity contribution is -0.135. The van der Waals surface area contributed by atoms with E-state index in [1.165, 1.54) is 0 Å². The Labute approximate surface area is 96.7 Å². The number of ketones is 1. The lowest BCUT2D eigenvalue weighted by atomic mass is 10.1. The van der Waals surface area contributed by atoms with E-state index in [4.69, 9.17) is 4.74 Å². The van der Waals surface area contributed by atoms with Crippen molar-refractivity contribution < 1.29 is 17.9 Å². The topological polar surface area (TPSA) is 63.7 Å². The van der Waals surface area contributed by atoms with Crippen LogP contribution in [-0.4, -0.2) is 63.5 Å². The molecular weight excluding hydrogens is 230 g/mol. The van der Waals surface area contributed by atoms with E-state index < -0.39 is 15.9 Å². The van der Waals surface area contributed by atoms with E-state index in [1.54, 1.807) is 0 Å². The summed E-state index contributed by atoms with van der Waals surface area (Å²) in [5, 5.41) is 0. The predicted octanol–water partition coefficient (Wildman–Crippen LogP) is -0.289. The highest BCUT2D eigenvalue weighted by Gasteiger charge is 2.25. The van der Waals surface area contributed by atoms with Crippen molar-refractivity contribution in [1.29, 1.82) is 0 Å². The maximum atomic E-state index is 11.7. The van der Waals surface area contributed by atoms with Crippen LogP contribution in [0.3, 0.4) is 0 Å². The molecule has 1 rings (SSSR count). The lowest BCUT2D eigenvalue weighted by Gasteiger charge is -2.31. The van der Waals surface area contributed by atoms with Gasteiger partial charge >= 0.3 is 0 Å². The molecule has 0 aromatic carbocycles. The van der Waals surface area contributed by atoms with E-state index in [0.29, 0.717) is 13.2 Å². The highest BCUT2D eigenvalue weighted by atomic mass is 32.2. The summed E-state index contributed by atoms with van der Waals surface area (Å²) >= 11 is 0. The van der Waals surface area contributed by atoms with Gasteiger partial charge in [-0.05, 0) is 6.54 Å². The van der Waals surface area contributed by atoms with Gasteiger partial charge in [-0.15, -0.1) is 0 Å². The van der Waals surface area contributed by atoms with E-state index in [0.717, 1.165) is 19.3 Å². The zero-order valence-electron chi connectivity index (χ0n) is 9.81. The number of carbonyl (C=O) groups is 1. The first-order valence-electron chi connectivity index (χ1n) is 5.47. The van der Waals surface area contributed by atoms with Crippen molar-refractivity contribution in [1.82, 2.24) is 4.90 Å². The summed E-state index contributed by atoms with van der Waals surface area (Å²) in [7, 11) is -3.07. The van der Waals surface area contributed by atoms with Gasteiger partial charge in [0, 0.05) is 25.8 Å². The molecular formula is C10H19NO4S. The maximum absolute atomic E-state index is 11.7. The van der Waals surface area contributed by atoms with Crippen LogP contribution in [0.25, 0.3) is 0 Å². The Bertz CT molecular complexity index is 339. The number of hydrogen-bond acceptors (Lipinski definition) is 5. The third-order valence-electron chi connectivity index (χ3n) is 2.68. The smallest absolute Gasteiger partial charge is 0.163 e. The molecule has 1 heterocycles. The van der Waals surface area contributed by atoms with E-state index in [9.17, 15) is 13.2 Å². The van der Waals surface area contributed by atoms with Gasteiger partial charge in [0.1, 0.15) is 15.9 Å². The molecule has 0 radical (unpaired) electrons. The van der Waals surface area contributed by atoms with Crippen molar-refractivity contribution in [2.75, 3.05) is 38.2 Å². The third kappa shape index (κ3) is 4.59. The second-order valence-corrected chi connectivity index (χ2v) is 6.36. The van der Waals surface area contributed by atoms with E-state index in [1.807, 2.05) is 6.92 Å². The van der Waals surface area contributed by atoms with Gasteiger partial charge in [0.05, 0.1) is 12.4 Å². The fourth-order valence-electron chi connectivity index (χ4n) is 1.63. The van der Waals surface area contributed by atoms with Crippen LogP contribution < -0.4 is 0 Å². The molecule has 0 aromatic rings. The Morgan fingerprint density at radius 1 is 1.50 bits per heavy atom. The number of Topliss-reactive ketones (excluding diaryl/α,β-unsaturated/α-hetero) is 1. The minimum absolute atomic E-state index is 0.0566. The molecule has 1 saturated heterocycles. The molecule has 94 valence electrons. The summed E-state index contributed by atoms with van der Waals surface area (Å²) in [6.45, 7) is 4.89. The Balaban J connectivity index is 2.41. The van der Waals surface area contributed by atoms with Crippen molar-refractivity contribution in [2.24, 2.45) is 0 Å². The van der Waals surface area contributed by atoms with Gasteiger partial charge in [0.2, 0.25) is 0 Å². The molecule has 5 nitrogen and oxygen atoms in total. The average molecular weight is 249 g/mol. The van der Waals surface area contributed by atoms with Crippen LogP contribution in [0.4, 0.5) is 0 Å². The SMILES string of the molecule is CCN1CCOC(C(=O)CCS(C)(=O)=O)C1. The molecule has 16 heavy (non-hydrogen) atoms. The molecule has 1 atom stereocenters. The van der Waals surface area contributed by atoms with Gasteiger partial charge in [-0.1, -0.05) is 6.92 Å². The minimum atomic E-state index is -3.07. The third-order valence-corrected chi connectivity index (χ3v) is 3.62. The van der Waals surface area contributed by atoms with Gasteiger partial charge in [-0.3, -0.25) is 9.69 Å². The molecule has 0 amide bonds. The first-order valence-corrected chi connectivity index (χ1v) is 7.53. The number of hydrogen-bond donors (Lipinski definition) is 0. The van der Waals surface area contributed by atoms with Crippen LogP contribution in [-0.2, 0) is 19.4 Å². The number of sulfone groups is 1. The molecule has 0 saturated carbocycles. The Kier molecular flexibility index (Phi) is 4.89. The number of likely N-dealkylation sites (N-methyl/N-ethyl adjacent to an activating group) is 1. The quantitative estimate of drug-likeness (QED) is 0.670. The molecule has 0 bridgehead atoms. The monoisotopic (exact) mass is 249 g/mol. The average Bonchev–Trinajstić information content (AvgIpc) is 2.25. The zero-order valence-corrected chi connectivity index (χ0v) is 10.6. The molecule has 1 aliphatic rings. The van der Waals surface area contributed by atoms with Gasteiger partial charge in [-0.2, -0.15) is 0 Å². The van der Waals surface area contributed by atoms with Gasteiger partial charge in [-0.25, -0.2) is 8.42 Å². The molecule has 1 aliphatic heterocycles. The molecule has 0 aromatic heterocycles. The number of morpholine rings is 1. The first-order chi connectivity index (χ1) is 7.42. The second kappa shape index (κ2) is 5.75. The van der Waals surface area contributed by atoms with Crippen molar-refractivity contribution in [3.8, 4) is 0 Å². The van der Waals surface area contributed by atoms with Gasteiger partial charge in [0.25, 0.3) is 0 Å². The first kappa shape index (κ1) is 13.6. The number of rotatable bonds is 5. The molecule has 0 spiro atoms. The predicted molar refractivity (Wildman–Crippen MR) is 61.2 cm³/mol. The highest BCUT2D eigenvalue weighted by Crippen LogP contribution is 2.08. The Hall–Kier alpha value is -0.460. The van der Waals surface area contributed by atoms with Crippen LogP contribution >= 0.6 is 0 Å². The number of ether oxygens (including phenoxy) is 1. The molecule has 1 fully saturated rings. The van der Waals surface area contributed by atoms with E-state index in [-0.39, 0.29) is 18.0 Å². The van der Waals surface area contributed by atoms with Crippen molar-refractivity contribution in [3.63, 3.8) is 0 Å². The Morgan fingerprint density at radius 3 is 2.75 bits per heavy atom. The van der Waals surface area contributed by atoms with E-state index in [2.05, 4.69) is 4.90 Å². The fourth-order valence-corrected chi connectivity index (χ4v) is 2.20. The summed E-state index contributed by atoms with van der Waals surface area (Å²) < 4.78 is 27.2. The molecule has 1 unspecified atom stereocenters. The van der Waals surface area contributed by atoms with Crippen LogP contribution in [0.2, 0.25) is 0 Å². The summed E-state index contributed by atoms with van der Waals surface area (Å²) in [5.74, 6) is -0.193. The van der Waals surface area contributed by atoms with Crippen molar-refractivity contribution in [2.45, 2.75) is 19.4 Å². The summed E-state index contributed by atoms with van der Waals surface area (Å²) in [6, 6.07) is 0. The molecule has 0 N–H and O–H groups in total. The van der Waals surface area contributed by atoms with Crippen LogP contribution in [0.5, 0.6) is 0 Å². The van der Waals surface area contributed by atoms with Crippen LogP contribution in [0, 0.1) is 0 Å². The van der Waals surface area contributed by atoms with Gasteiger partial charge < -0.3 is 4.74 Å². The highest BCUT2D eigenvalue weighted by molar-refractivity contribution is 7.90. The fraction of sp³-hybridized carbons (Fsp3) is 0.900. The van der Waals surface area contributed by atoms with Crippen LogP contribution in [0.15, 0.2) is 0 Å². The standard InChI is InChI=1S/C10H19NO4S/c1-3-11-5-6-15-10(8-11)9(12)4-7-16(2,13)14/h10H,3-8H2,1-2H3. The minimum Gasteiger partial charge on any atom is -0.368 e. The largest absolute Gasteiger partial charge is 0.368 e. The summed E-state index contributed by atoms with van der Waals surface area (Å²) in [6.07, 6.45) is 0.747. The summed E-state index contributed by atoms with van der Waals surface area (Å²) in [4.78, 5) is 13.8. The van der Waals surface area contributed by atoms with Crippen molar-refractivity contribution >= 4 is 15.6 Å². The Morgan fingerprint density at radius 2 is 2.19 bits per heavy atom. The number of nitrogens with zero attached hydrogens (tertiary/aromatic N) is 1. The molecule has 6 heteroatoms. The maximum Gasteiger partial charge on any atom is 0.163 e. The lowest BCUT2D eigenvalue weighted by Crippen LogP contribution is -2.46. The van der Waals surface area contributed by atoms with E-state index >= 15 is 0 Å². The molecule has 0 aliphatic carbocycles. The van der Waals surface area contributed by atoms with Gasteiger partial charge in [0.15, 0.2) is 5.78 Å². The normalized spacial score (nSPS) is 23.2.